The molecule has 0 aliphatic carbocycles. The zero-order valence-corrected chi connectivity index (χ0v) is 17.8. The highest BCUT2D eigenvalue weighted by atomic mass is 32.2. The van der Waals surface area contributed by atoms with Gasteiger partial charge in [-0.05, 0) is 23.8 Å². The molecule has 166 valence electrons. The van der Waals surface area contributed by atoms with E-state index in [1.54, 1.807) is 17.3 Å². The summed E-state index contributed by atoms with van der Waals surface area (Å²) in [6.07, 6.45) is 4.17. The summed E-state index contributed by atoms with van der Waals surface area (Å²) in [4.78, 5) is 4.92. The van der Waals surface area contributed by atoms with Crippen molar-refractivity contribution in [1.82, 2.24) is 34.9 Å². The van der Waals surface area contributed by atoms with E-state index < -0.39 is 29.8 Å². The summed E-state index contributed by atoms with van der Waals surface area (Å²) in [6, 6.07) is 2.65. The Morgan fingerprint density at radius 3 is 2.68 bits per heavy atom. The molecule has 1 aromatic carbocycles. The van der Waals surface area contributed by atoms with Gasteiger partial charge in [0.05, 0.1) is 11.3 Å². The largest absolute Gasteiger partial charge is 0.329 e. The van der Waals surface area contributed by atoms with Gasteiger partial charge >= 0.3 is 0 Å². The molecule has 0 bridgehead atoms. The van der Waals surface area contributed by atoms with Crippen molar-refractivity contribution in [2.75, 3.05) is 24.5 Å². The van der Waals surface area contributed by atoms with Gasteiger partial charge in [0.1, 0.15) is 9.79 Å². The Hall–Kier alpha value is -2.92. The summed E-state index contributed by atoms with van der Waals surface area (Å²) in [5.74, 6) is 0.437. The minimum atomic E-state index is -4.55. The Balaban J connectivity index is 2.04. The number of rotatable bonds is 7. The highest BCUT2D eigenvalue weighted by Gasteiger charge is 2.34. The summed E-state index contributed by atoms with van der Waals surface area (Å²) in [6.45, 7) is 1.18. The molecule has 4 rings (SSSR count). The molecule has 1 aliphatic heterocycles. The molecule has 0 radical (unpaired) electrons. The van der Waals surface area contributed by atoms with Crippen LogP contribution in [0.15, 0.2) is 34.3 Å². The molecular formula is C15H20N10O4S2. The summed E-state index contributed by atoms with van der Waals surface area (Å²) in [5.41, 5.74) is 5.62. The third kappa shape index (κ3) is 3.90. The maximum absolute atomic E-state index is 12.8. The van der Waals surface area contributed by atoms with Crippen molar-refractivity contribution in [1.29, 1.82) is 0 Å². The number of nitrogens with one attached hydrogen (secondary N) is 2. The summed E-state index contributed by atoms with van der Waals surface area (Å²) in [5, 5.41) is 19.0. The second-order valence-electron chi connectivity index (χ2n) is 6.68. The summed E-state index contributed by atoms with van der Waals surface area (Å²) >= 11 is 0. The van der Waals surface area contributed by atoms with E-state index in [2.05, 4.69) is 30.3 Å². The number of primary sulfonamides is 1. The number of aromatic nitrogens is 6. The maximum Gasteiger partial charge on any atom is 0.241 e. The monoisotopic (exact) mass is 468 g/mol. The van der Waals surface area contributed by atoms with E-state index in [1.807, 2.05) is 4.57 Å². The first-order valence-corrected chi connectivity index (χ1v) is 12.2. The van der Waals surface area contributed by atoms with Gasteiger partial charge in [-0.3, -0.25) is 0 Å². The number of sulfonamides is 2. The number of imidazole rings is 1. The molecule has 0 atom stereocenters. The predicted molar refractivity (Wildman–Crippen MR) is 109 cm³/mol. The quantitative estimate of drug-likeness (QED) is 0.315. The molecular weight excluding hydrogens is 448 g/mol. The van der Waals surface area contributed by atoms with Crippen LogP contribution in [0.4, 0.5) is 11.6 Å². The summed E-state index contributed by atoms with van der Waals surface area (Å²) < 4.78 is 55.2. The van der Waals surface area contributed by atoms with Gasteiger partial charge in [0.2, 0.25) is 31.8 Å². The molecule has 6 N–H and O–H groups in total. The van der Waals surface area contributed by atoms with Gasteiger partial charge in [0, 0.05) is 38.6 Å². The number of hydrogen-bond acceptors (Lipinski definition) is 10. The first-order chi connectivity index (χ1) is 14.7. The average molecular weight is 469 g/mol. The number of hydrogen-bond donors (Lipinski definition) is 4. The van der Waals surface area contributed by atoms with E-state index in [0.29, 0.717) is 18.2 Å². The number of tetrazole rings is 1. The van der Waals surface area contributed by atoms with Gasteiger partial charge in [0.15, 0.2) is 0 Å². The molecule has 3 heterocycles. The molecule has 0 fully saturated rings. The minimum absolute atomic E-state index is 0.0240. The fourth-order valence-electron chi connectivity index (χ4n) is 3.47. The van der Waals surface area contributed by atoms with Crippen molar-refractivity contribution in [3.63, 3.8) is 0 Å². The van der Waals surface area contributed by atoms with Gasteiger partial charge in [-0.2, -0.15) is 5.21 Å². The number of fused-ring (bicyclic) bond motifs is 1. The van der Waals surface area contributed by atoms with E-state index in [-0.39, 0.29) is 24.5 Å². The van der Waals surface area contributed by atoms with Gasteiger partial charge in [-0.25, -0.2) is 31.7 Å². The molecule has 0 saturated heterocycles. The van der Waals surface area contributed by atoms with Crippen LogP contribution in [0, 0.1) is 0 Å². The Kier molecular flexibility index (Phi) is 5.48. The number of nitrogens with two attached hydrogens (primary N) is 2. The molecule has 31 heavy (non-hydrogen) atoms. The molecule has 1 aliphatic rings. The number of aromatic amines is 1. The number of benzene rings is 1. The van der Waals surface area contributed by atoms with E-state index in [0.717, 1.165) is 13.0 Å². The van der Waals surface area contributed by atoms with Crippen molar-refractivity contribution < 1.29 is 16.8 Å². The lowest BCUT2D eigenvalue weighted by Gasteiger charge is -2.31. The molecule has 0 amide bonds. The topological polar surface area (TPSA) is 208 Å². The van der Waals surface area contributed by atoms with Crippen molar-refractivity contribution >= 4 is 31.7 Å². The van der Waals surface area contributed by atoms with Crippen LogP contribution in [-0.4, -0.2) is 66.6 Å². The van der Waals surface area contributed by atoms with Gasteiger partial charge in [-0.1, -0.05) is 0 Å². The fourth-order valence-corrected chi connectivity index (χ4v) is 6.12. The number of anilines is 2. The van der Waals surface area contributed by atoms with E-state index >= 15 is 0 Å². The molecule has 14 nitrogen and oxygen atoms in total. The lowest BCUT2D eigenvalue weighted by molar-refractivity contribution is 0.573. The number of aryl methyl sites for hydroxylation is 1. The lowest BCUT2D eigenvalue weighted by Crippen LogP contribution is -2.32. The third-order valence-corrected chi connectivity index (χ3v) is 7.31. The van der Waals surface area contributed by atoms with Crippen LogP contribution < -0.4 is 20.5 Å². The van der Waals surface area contributed by atoms with Gasteiger partial charge < -0.3 is 15.2 Å². The Labute approximate surface area is 177 Å². The van der Waals surface area contributed by atoms with Crippen molar-refractivity contribution in [2.24, 2.45) is 10.9 Å². The molecule has 2 aromatic heterocycles. The van der Waals surface area contributed by atoms with Crippen LogP contribution in [0.5, 0.6) is 0 Å². The highest BCUT2D eigenvalue weighted by molar-refractivity contribution is 7.92. The Morgan fingerprint density at radius 2 is 2.00 bits per heavy atom. The zero-order chi connectivity index (χ0) is 22.2. The molecule has 0 spiro atoms. The molecule has 0 unspecified atom stereocenters. The lowest BCUT2D eigenvalue weighted by atomic mass is 10.1. The smallest absolute Gasteiger partial charge is 0.241 e. The molecule has 0 saturated carbocycles. The standard InChI is InChI=1S/C15H20N10O4S2/c16-4-5-19-31(28,29)11-3-2-10(25-8-1-7-24-9-6-18-15(24)25)12(13(11)30(17,26)27)14-20-22-23-21-14/h2-3,6,9,19H,1,4-5,7-8,16H2,(H2,17,26,27)(H,20,21,22,23). The van der Waals surface area contributed by atoms with Gasteiger partial charge in [-0.15, -0.1) is 10.2 Å². The van der Waals surface area contributed by atoms with Crippen LogP contribution in [0.2, 0.25) is 0 Å². The molecule has 16 heteroatoms. The zero-order valence-electron chi connectivity index (χ0n) is 16.1. The van der Waals surface area contributed by atoms with Crippen molar-refractivity contribution in [2.45, 2.75) is 22.8 Å². The van der Waals surface area contributed by atoms with Crippen LogP contribution in [0.1, 0.15) is 6.42 Å². The Morgan fingerprint density at radius 1 is 1.19 bits per heavy atom. The average Bonchev–Trinajstić information content (AvgIpc) is 3.42. The van der Waals surface area contributed by atoms with Crippen LogP contribution in [0.25, 0.3) is 11.4 Å². The minimum Gasteiger partial charge on any atom is -0.329 e. The van der Waals surface area contributed by atoms with Gasteiger partial charge in [0.25, 0.3) is 0 Å². The summed E-state index contributed by atoms with van der Waals surface area (Å²) in [7, 11) is -8.81. The van der Waals surface area contributed by atoms with Crippen LogP contribution in [0.3, 0.4) is 0 Å². The first kappa shape index (κ1) is 21.3. The number of H-pyrrole nitrogens is 1. The second-order valence-corrected chi connectivity index (χ2v) is 9.91. The highest BCUT2D eigenvalue weighted by Crippen LogP contribution is 2.41. The maximum atomic E-state index is 12.8. The number of nitrogens with zero attached hydrogens (tertiary/aromatic N) is 6. The van der Waals surface area contributed by atoms with Crippen molar-refractivity contribution in [3.8, 4) is 11.4 Å². The second kappa shape index (κ2) is 7.97. The van der Waals surface area contributed by atoms with Crippen LogP contribution >= 0.6 is 0 Å². The first-order valence-electron chi connectivity index (χ1n) is 9.16. The van der Waals surface area contributed by atoms with E-state index in [1.165, 1.54) is 12.1 Å². The van der Waals surface area contributed by atoms with E-state index in [9.17, 15) is 16.8 Å². The van der Waals surface area contributed by atoms with Crippen LogP contribution in [-0.2, 0) is 26.6 Å². The van der Waals surface area contributed by atoms with Crippen molar-refractivity contribution in [3.05, 3.63) is 24.5 Å². The normalized spacial score (nSPS) is 14.6. The predicted octanol–water partition coefficient (Wildman–Crippen LogP) is -1.51. The SMILES string of the molecule is NCCNS(=O)(=O)c1ccc(N2CCCn3ccnc32)c(-c2nn[nH]n2)c1S(N)(=O)=O. The Bertz CT molecular complexity index is 1300. The third-order valence-electron chi connectivity index (χ3n) is 4.69. The fraction of sp³-hybridized carbons (Fsp3) is 0.333. The molecule has 3 aromatic rings. The van der Waals surface area contributed by atoms with E-state index in [4.69, 9.17) is 10.9 Å².